The highest BCUT2D eigenvalue weighted by Gasteiger charge is 2.38. The molecule has 19 heavy (non-hydrogen) atoms. The Balaban J connectivity index is 1.47. The Morgan fingerprint density at radius 1 is 1.26 bits per heavy atom. The van der Waals surface area contributed by atoms with Crippen molar-refractivity contribution in [1.82, 2.24) is 10.2 Å². The first kappa shape index (κ1) is 13.1. The predicted molar refractivity (Wildman–Crippen MR) is 80.0 cm³/mol. The maximum atomic E-state index is 3.65. The molecule has 3 fully saturated rings. The molecular weight excluding hydrogens is 232 g/mol. The monoisotopic (exact) mass is 258 g/mol. The van der Waals surface area contributed by atoms with Gasteiger partial charge in [0.15, 0.2) is 0 Å². The standard InChI is InChI=1S/C17H26N2/c1-2-15-13-19-9-8-16(15)10-17(19)12-18-11-14-6-4-3-5-7-14/h3-7,15-18H,2,8-13H2,1H3. The second-order valence-corrected chi connectivity index (χ2v) is 6.22. The second kappa shape index (κ2) is 6.06. The number of benzene rings is 1. The van der Waals surface area contributed by atoms with Crippen molar-refractivity contribution < 1.29 is 0 Å². The number of hydrogen-bond donors (Lipinski definition) is 1. The van der Waals surface area contributed by atoms with Gasteiger partial charge in [0.25, 0.3) is 0 Å². The Hall–Kier alpha value is -0.860. The van der Waals surface area contributed by atoms with Crippen LogP contribution in [0.1, 0.15) is 31.7 Å². The van der Waals surface area contributed by atoms with Gasteiger partial charge in [0.2, 0.25) is 0 Å². The minimum atomic E-state index is 0.783. The van der Waals surface area contributed by atoms with Crippen LogP contribution in [0.2, 0.25) is 0 Å². The zero-order valence-electron chi connectivity index (χ0n) is 12.0. The van der Waals surface area contributed by atoms with Crippen LogP contribution in [0.15, 0.2) is 30.3 Å². The highest BCUT2D eigenvalue weighted by Crippen LogP contribution is 2.37. The third-order valence-corrected chi connectivity index (χ3v) is 5.09. The Morgan fingerprint density at radius 2 is 2.11 bits per heavy atom. The lowest BCUT2D eigenvalue weighted by Crippen LogP contribution is -2.56. The summed E-state index contributed by atoms with van der Waals surface area (Å²) in [5.74, 6) is 1.97. The number of nitrogens with zero attached hydrogens (tertiary/aromatic N) is 1. The maximum Gasteiger partial charge on any atom is 0.0223 e. The van der Waals surface area contributed by atoms with Gasteiger partial charge in [0.05, 0.1) is 0 Å². The molecular formula is C17H26N2. The summed E-state index contributed by atoms with van der Waals surface area (Å²) < 4.78 is 0. The van der Waals surface area contributed by atoms with E-state index in [1.165, 1.54) is 37.9 Å². The van der Waals surface area contributed by atoms with Crippen molar-refractivity contribution in [3.05, 3.63) is 35.9 Å². The van der Waals surface area contributed by atoms with E-state index in [1.54, 1.807) is 0 Å². The van der Waals surface area contributed by atoms with E-state index >= 15 is 0 Å². The van der Waals surface area contributed by atoms with Crippen molar-refractivity contribution in [2.45, 2.75) is 38.8 Å². The summed E-state index contributed by atoms with van der Waals surface area (Å²) in [7, 11) is 0. The number of rotatable bonds is 5. The van der Waals surface area contributed by atoms with Crippen molar-refractivity contribution >= 4 is 0 Å². The van der Waals surface area contributed by atoms with Gasteiger partial charge in [-0.2, -0.15) is 0 Å². The molecule has 0 spiro atoms. The van der Waals surface area contributed by atoms with E-state index in [2.05, 4.69) is 47.5 Å². The Kier molecular flexibility index (Phi) is 4.19. The van der Waals surface area contributed by atoms with Crippen LogP contribution in [0.25, 0.3) is 0 Å². The fourth-order valence-corrected chi connectivity index (χ4v) is 3.90. The average molecular weight is 258 g/mol. The third kappa shape index (κ3) is 3.01. The minimum Gasteiger partial charge on any atom is -0.311 e. The molecule has 4 atom stereocenters. The van der Waals surface area contributed by atoms with Crippen LogP contribution in [0, 0.1) is 11.8 Å². The normalized spacial score (nSPS) is 33.5. The molecule has 0 aliphatic carbocycles. The number of piperidine rings is 3. The summed E-state index contributed by atoms with van der Waals surface area (Å²) >= 11 is 0. The smallest absolute Gasteiger partial charge is 0.0223 e. The van der Waals surface area contributed by atoms with Crippen LogP contribution in [-0.4, -0.2) is 30.6 Å². The average Bonchev–Trinajstić information content (AvgIpc) is 2.49. The molecule has 2 heteroatoms. The molecule has 2 nitrogen and oxygen atoms in total. The number of nitrogens with one attached hydrogen (secondary N) is 1. The zero-order valence-corrected chi connectivity index (χ0v) is 12.0. The minimum absolute atomic E-state index is 0.783. The Labute approximate surface area is 117 Å². The van der Waals surface area contributed by atoms with Gasteiger partial charge in [-0.1, -0.05) is 43.7 Å². The van der Waals surface area contributed by atoms with Crippen molar-refractivity contribution in [1.29, 1.82) is 0 Å². The van der Waals surface area contributed by atoms with Crippen LogP contribution < -0.4 is 5.32 Å². The third-order valence-electron chi connectivity index (χ3n) is 5.09. The van der Waals surface area contributed by atoms with Gasteiger partial charge in [-0.05, 0) is 36.8 Å². The molecule has 0 amide bonds. The fraction of sp³-hybridized carbons (Fsp3) is 0.647. The van der Waals surface area contributed by atoms with Crippen molar-refractivity contribution in [2.24, 2.45) is 11.8 Å². The van der Waals surface area contributed by atoms with E-state index in [0.717, 1.165) is 31.0 Å². The molecule has 3 aliphatic heterocycles. The van der Waals surface area contributed by atoms with Crippen LogP contribution >= 0.6 is 0 Å². The second-order valence-electron chi connectivity index (χ2n) is 6.22. The van der Waals surface area contributed by atoms with Crippen LogP contribution in [0.3, 0.4) is 0 Å². The summed E-state index contributed by atoms with van der Waals surface area (Å²) in [5, 5.41) is 3.65. The molecule has 1 N–H and O–H groups in total. The first-order chi connectivity index (χ1) is 9.36. The van der Waals surface area contributed by atoms with Gasteiger partial charge in [0.1, 0.15) is 0 Å². The molecule has 3 saturated heterocycles. The first-order valence-corrected chi connectivity index (χ1v) is 7.85. The first-order valence-electron chi connectivity index (χ1n) is 7.85. The lowest BCUT2D eigenvalue weighted by atomic mass is 9.74. The molecule has 0 saturated carbocycles. The predicted octanol–water partition coefficient (Wildman–Crippen LogP) is 2.90. The van der Waals surface area contributed by atoms with E-state index in [4.69, 9.17) is 0 Å². The van der Waals surface area contributed by atoms with Gasteiger partial charge in [-0.25, -0.2) is 0 Å². The summed E-state index contributed by atoms with van der Waals surface area (Å²) in [6, 6.07) is 11.5. The van der Waals surface area contributed by atoms with Gasteiger partial charge < -0.3 is 5.32 Å². The molecule has 0 radical (unpaired) electrons. The van der Waals surface area contributed by atoms with Gasteiger partial charge in [-0.3, -0.25) is 4.90 Å². The van der Waals surface area contributed by atoms with Crippen LogP contribution in [0.5, 0.6) is 0 Å². The largest absolute Gasteiger partial charge is 0.311 e. The number of fused-ring (bicyclic) bond motifs is 3. The fourth-order valence-electron chi connectivity index (χ4n) is 3.90. The van der Waals surface area contributed by atoms with E-state index < -0.39 is 0 Å². The molecule has 3 aliphatic rings. The molecule has 1 aromatic rings. The Morgan fingerprint density at radius 3 is 2.79 bits per heavy atom. The molecule has 0 aromatic heterocycles. The molecule has 3 heterocycles. The molecule has 4 unspecified atom stereocenters. The maximum absolute atomic E-state index is 3.65. The lowest BCUT2D eigenvalue weighted by molar-refractivity contribution is 0.000333. The van der Waals surface area contributed by atoms with E-state index in [0.29, 0.717) is 0 Å². The Bertz CT molecular complexity index is 390. The van der Waals surface area contributed by atoms with Crippen LogP contribution in [-0.2, 0) is 6.54 Å². The topological polar surface area (TPSA) is 15.3 Å². The molecule has 2 bridgehead atoms. The van der Waals surface area contributed by atoms with Crippen molar-refractivity contribution in [3.8, 4) is 0 Å². The molecule has 1 aromatic carbocycles. The van der Waals surface area contributed by atoms with Crippen molar-refractivity contribution in [3.63, 3.8) is 0 Å². The van der Waals surface area contributed by atoms with E-state index in [9.17, 15) is 0 Å². The van der Waals surface area contributed by atoms with Gasteiger partial charge in [-0.15, -0.1) is 0 Å². The number of hydrogen-bond acceptors (Lipinski definition) is 2. The van der Waals surface area contributed by atoms with Gasteiger partial charge in [0, 0.05) is 25.7 Å². The summed E-state index contributed by atoms with van der Waals surface area (Å²) in [6.45, 7) is 7.20. The molecule has 104 valence electrons. The van der Waals surface area contributed by atoms with E-state index in [1.807, 2.05) is 0 Å². The van der Waals surface area contributed by atoms with E-state index in [-0.39, 0.29) is 0 Å². The summed E-state index contributed by atoms with van der Waals surface area (Å²) in [4.78, 5) is 2.73. The summed E-state index contributed by atoms with van der Waals surface area (Å²) in [6.07, 6.45) is 4.22. The highest BCUT2D eigenvalue weighted by atomic mass is 15.2. The van der Waals surface area contributed by atoms with Crippen LogP contribution in [0.4, 0.5) is 0 Å². The lowest BCUT2D eigenvalue weighted by Gasteiger charge is -2.50. The van der Waals surface area contributed by atoms with Crippen molar-refractivity contribution in [2.75, 3.05) is 19.6 Å². The SMILES string of the molecule is CCC1CN2CCC1CC2CNCc1ccccc1. The summed E-state index contributed by atoms with van der Waals surface area (Å²) in [5.41, 5.74) is 1.39. The molecule has 4 rings (SSSR count). The quantitative estimate of drug-likeness (QED) is 0.873. The highest BCUT2D eigenvalue weighted by molar-refractivity contribution is 5.14. The van der Waals surface area contributed by atoms with Gasteiger partial charge >= 0.3 is 0 Å². The zero-order chi connectivity index (χ0) is 13.1.